The van der Waals surface area contributed by atoms with Gasteiger partial charge in [-0.25, -0.2) is 17.7 Å². The molecule has 1 aliphatic heterocycles. The number of amides is 1. The summed E-state index contributed by atoms with van der Waals surface area (Å²) in [5.41, 5.74) is 0. The van der Waals surface area contributed by atoms with Crippen molar-refractivity contribution >= 4 is 21.7 Å². The Labute approximate surface area is 166 Å². The highest BCUT2D eigenvalue weighted by Crippen LogP contribution is 2.17. The molecule has 2 atom stereocenters. The van der Waals surface area contributed by atoms with Crippen LogP contribution in [-0.2, 0) is 14.8 Å². The lowest BCUT2D eigenvalue weighted by molar-refractivity contribution is -0.130. The Balaban J connectivity index is 1.99. The first-order valence-electron chi connectivity index (χ1n) is 9.24. The van der Waals surface area contributed by atoms with Gasteiger partial charge in [-0.2, -0.15) is 5.26 Å². The molecule has 9 nitrogen and oxygen atoms in total. The summed E-state index contributed by atoms with van der Waals surface area (Å²) >= 11 is 0. The standard InChI is InChI=1S/C18H28N6O3S/c1-13(2)18(21-12-17(25)24-9-5-6-14(24)10-19)22-16-8-7-15(11-20-16)28(26,27)23(3)4/h7-8,11,13-14,18,21H,5-6,9,12H2,1-4H3,(H,20,22)/t14?,18-/m0/s1. The lowest BCUT2D eigenvalue weighted by Gasteiger charge is -2.26. The van der Waals surface area contributed by atoms with Gasteiger partial charge in [0.2, 0.25) is 15.9 Å². The number of sulfonamides is 1. The van der Waals surface area contributed by atoms with E-state index >= 15 is 0 Å². The van der Waals surface area contributed by atoms with Gasteiger partial charge in [-0.05, 0) is 30.9 Å². The van der Waals surface area contributed by atoms with Crippen molar-refractivity contribution in [2.75, 3.05) is 32.5 Å². The van der Waals surface area contributed by atoms with Crippen molar-refractivity contribution in [1.82, 2.24) is 19.5 Å². The molecular formula is C18H28N6O3S. The van der Waals surface area contributed by atoms with Gasteiger partial charge in [0.25, 0.3) is 0 Å². The minimum absolute atomic E-state index is 0.100. The highest BCUT2D eigenvalue weighted by atomic mass is 32.2. The van der Waals surface area contributed by atoms with Crippen molar-refractivity contribution < 1.29 is 13.2 Å². The van der Waals surface area contributed by atoms with Gasteiger partial charge in [0, 0.05) is 26.8 Å². The number of hydrogen-bond acceptors (Lipinski definition) is 7. The summed E-state index contributed by atoms with van der Waals surface area (Å²) in [6, 6.07) is 4.92. The van der Waals surface area contributed by atoms with E-state index in [-0.39, 0.29) is 35.5 Å². The van der Waals surface area contributed by atoms with Crippen LogP contribution in [0, 0.1) is 17.2 Å². The smallest absolute Gasteiger partial charge is 0.244 e. The molecule has 1 unspecified atom stereocenters. The van der Waals surface area contributed by atoms with Crippen molar-refractivity contribution in [3.63, 3.8) is 0 Å². The van der Waals surface area contributed by atoms with Crippen LogP contribution in [0.3, 0.4) is 0 Å². The van der Waals surface area contributed by atoms with Gasteiger partial charge in [0.05, 0.1) is 18.8 Å². The molecule has 1 aromatic rings. The molecule has 0 spiro atoms. The summed E-state index contributed by atoms with van der Waals surface area (Å²) in [5.74, 6) is 0.550. The lowest BCUT2D eigenvalue weighted by Crippen LogP contribution is -2.47. The molecule has 154 valence electrons. The molecule has 0 radical (unpaired) electrons. The molecule has 1 aliphatic rings. The molecule has 0 saturated carbocycles. The molecular weight excluding hydrogens is 380 g/mol. The first-order valence-corrected chi connectivity index (χ1v) is 10.7. The van der Waals surface area contributed by atoms with E-state index in [0.29, 0.717) is 12.4 Å². The fourth-order valence-electron chi connectivity index (χ4n) is 2.94. The number of carbonyl (C=O) groups excluding carboxylic acids is 1. The van der Waals surface area contributed by atoms with E-state index in [0.717, 1.165) is 17.1 Å². The second kappa shape index (κ2) is 9.32. The molecule has 1 amide bonds. The van der Waals surface area contributed by atoms with Gasteiger partial charge in [0.15, 0.2) is 0 Å². The van der Waals surface area contributed by atoms with Crippen molar-refractivity contribution in [1.29, 1.82) is 5.26 Å². The SMILES string of the molecule is CC(C)[C@@H](NCC(=O)N1CCCC1C#N)Nc1ccc(S(=O)(=O)N(C)C)cn1. The summed E-state index contributed by atoms with van der Waals surface area (Å²) in [6.07, 6.45) is 2.64. The van der Waals surface area contributed by atoms with Crippen molar-refractivity contribution in [3.8, 4) is 6.07 Å². The highest BCUT2D eigenvalue weighted by molar-refractivity contribution is 7.89. The predicted molar refractivity (Wildman–Crippen MR) is 106 cm³/mol. The van der Waals surface area contributed by atoms with Crippen molar-refractivity contribution in [2.24, 2.45) is 5.92 Å². The van der Waals surface area contributed by atoms with Crippen LogP contribution in [0.15, 0.2) is 23.2 Å². The molecule has 0 aromatic carbocycles. The Bertz CT molecular complexity index is 817. The van der Waals surface area contributed by atoms with E-state index in [1.54, 1.807) is 11.0 Å². The number of rotatable bonds is 8. The van der Waals surface area contributed by atoms with E-state index in [1.807, 2.05) is 13.8 Å². The van der Waals surface area contributed by atoms with Crippen LogP contribution in [0.25, 0.3) is 0 Å². The maximum atomic E-state index is 12.4. The maximum absolute atomic E-state index is 12.4. The van der Waals surface area contributed by atoms with Gasteiger partial charge < -0.3 is 10.2 Å². The quantitative estimate of drug-likeness (QED) is 0.612. The number of aromatic nitrogens is 1. The Morgan fingerprint density at radius 3 is 2.68 bits per heavy atom. The zero-order chi connectivity index (χ0) is 20.9. The van der Waals surface area contributed by atoms with E-state index in [2.05, 4.69) is 21.7 Å². The monoisotopic (exact) mass is 408 g/mol. The van der Waals surface area contributed by atoms with Crippen LogP contribution in [0.4, 0.5) is 5.82 Å². The number of likely N-dealkylation sites (tertiary alicyclic amines) is 1. The van der Waals surface area contributed by atoms with Gasteiger partial charge in [0.1, 0.15) is 16.8 Å². The van der Waals surface area contributed by atoms with Crippen LogP contribution in [0.2, 0.25) is 0 Å². The maximum Gasteiger partial charge on any atom is 0.244 e. The van der Waals surface area contributed by atoms with Crippen LogP contribution in [0.1, 0.15) is 26.7 Å². The highest BCUT2D eigenvalue weighted by Gasteiger charge is 2.28. The third kappa shape index (κ3) is 5.19. The molecule has 0 aliphatic carbocycles. The number of hydrogen-bond donors (Lipinski definition) is 2. The number of anilines is 1. The van der Waals surface area contributed by atoms with Crippen molar-refractivity contribution in [2.45, 2.75) is 43.8 Å². The lowest BCUT2D eigenvalue weighted by atomic mass is 10.1. The fourth-order valence-corrected chi connectivity index (χ4v) is 3.79. The van der Waals surface area contributed by atoms with Crippen LogP contribution < -0.4 is 10.6 Å². The van der Waals surface area contributed by atoms with E-state index < -0.39 is 10.0 Å². The zero-order valence-electron chi connectivity index (χ0n) is 16.7. The largest absolute Gasteiger partial charge is 0.354 e. The number of carbonyl (C=O) groups is 1. The Morgan fingerprint density at radius 2 is 2.14 bits per heavy atom. The fraction of sp³-hybridized carbons (Fsp3) is 0.611. The number of nitrogens with one attached hydrogen (secondary N) is 2. The average Bonchev–Trinajstić information content (AvgIpc) is 3.13. The third-order valence-corrected chi connectivity index (χ3v) is 6.48. The molecule has 2 heterocycles. The minimum atomic E-state index is -3.53. The Morgan fingerprint density at radius 1 is 1.43 bits per heavy atom. The van der Waals surface area contributed by atoms with Crippen molar-refractivity contribution in [3.05, 3.63) is 18.3 Å². The molecule has 2 rings (SSSR count). The first-order chi connectivity index (χ1) is 13.2. The molecule has 2 N–H and O–H groups in total. The average molecular weight is 409 g/mol. The van der Waals surface area contributed by atoms with Gasteiger partial charge in [-0.3, -0.25) is 10.1 Å². The summed E-state index contributed by atoms with van der Waals surface area (Å²) in [7, 11) is -0.593. The Hall–Kier alpha value is -2.22. The molecule has 1 saturated heterocycles. The number of nitriles is 1. The summed E-state index contributed by atoms with van der Waals surface area (Å²) < 4.78 is 25.4. The van der Waals surface area contributed by atoms with Crippen LogP contribution in [-0.4, -0.2) is 67.9 Å². The molecule has 10 heteroatoms. The zero-order valence-corrected chi connectivity index (χ0v) is 17.5. The van der Waals surface area contributed by atoms with E-state index in [4.69, 9.17) is 5.26 Å². The summed E-state index contributed by atoms with van der Waals surface area (Å²) in [6.45, 7) is 4.71. The van der Waals surface area contributed by atoms with Gasteiger partial charge >= 0.3 is 0 Å². The minimum Gasteiger partial charge on any atom is -0.354 e. The first kappa shape index (κ1) is 22.1. The van der Waals surface area contributed by atoms with E-state index in [9.17, 15) is 13.2 Å². The molecule has 28 heavy (non-hydrogen) atoms. The third-order valence-electron chi connectivity index (χ3n) is 4.68. The second-order valence-corrected chi connectivity index (χ2v) is 9.44. The number of nitrogens with zero attached hydrogens (tertiary/aromatic N) is 4. The normalized spacial score (nSPS) is 18.3. The number of pyridine rings is 1. The van der Waals surface area contributed by atoms with E-state index in [1.165, 1.54) is 26.4 Å². The summed E-state index contributed by atoms with van der Waals surface area (Å²) in [5, 5.41) is 15.5. The summed E-state index contributed by atoms with van der Waals surface area (Å²) in [4.78, 5) is 18.3. The predicted octanol–water partition coefficient (Wildman–Crippen LogP) is 0.830. The molecule has 0 bridgehead atoms. The van der Waals surface area contributed by atoms with Gasteiger partial charge in [-0.15, -0.1) is 0 Å². The molecule has 1 fully saturated rings. The molecule has 1 aromatic heterocycles. The Kier molecular flexibility index (Phi) is 7.35. The second-order valence-electron chi connectivity index (χ2n) is 7.29. The topological polar surface area (TPSA) is 118 Å². The van der Waals surface area contributed by atoms with Gasteiger partial charge in [-0.1, -0.05) is 13.8 Å². The van der Waals surface area contributed by atoms with Crippen LogP contribution in [0.5, 0.6) is 0 Å². The van der Waals surface area contributed by atoms with Crippen LogP contribution >= 0.6 is 0 Å².